The van der Waals surface area contributed by atoms with E-state index >= 15 is 0 Å². The van der Waals surface area contributed by atoms with Gasteiger partial charge in [0.1, 0.15) is 0 Å². The summed E-state index contributed by atoms with van der Waals surface area (Å²) < 4.78 is 0. The third-order valence-corrected chi connectivity index (χ3v) is 5.11. The number of nitrogens with zero attached hydrogens (tertiary/aromatic N) is 2. The van der Waals surface area contributed by atoms with Crippen LogP contribution in [-0.2, 0) is 0 Å². The minimum absolute atomic E-state index is 0.0167. The molecular weight excluding hydrogens is 376 g/mol. The number of anilines is 3. The van der Waals surface area contributed by atoms with Crippen LogP contribution in [-0.4, -0.2) is 43.0 Å². The van der Waals surface area contributed by atoms with Crippen LogP contribution in [0.5, 0.6) is 0 Å². The fraction of sp³-hybridized carbons (Fsp3) is 0.167. The van der Waals surface area contributed by atoms with Crippen molar-refractivity contribution in [2.45, 2.75) is 0 Å². The van der Waals surface area contributed by atoms with Crippen LogP contribution < -0.4 is 15.5 Å². The fourth-order valence-electron chi connectivity index (χ4n) is 3.50. The van der Waals surface area contributed by atoms with Gasteiger partial charge in [0.05, 0.1) is 0 Å². The van der Waals surface area contributed by atoms with E-state index in [1.54, 1.807) is 24.3 Å². The Bertz CT molecular complexity index is 983. The number of benzene rings is 3. The van der Waals surface area contributed by atoms with E-state index in [1.807, 2.05) is 53.4 Å². The lowest BCUT2D eigenvalue weighted by Crippen LogP contribution is -2.48. The van der Waals surface area contributed by atoms with E-state index in [1.165, 1.54) is 5.69 Å². The Hall–Kier alpha value is -3.80. The van der Waals surface area contributed by atoms with E-state index < -0.39 is 0 Å². The molecule has 0 bridgehead atoms. The molecule has 3 aromatic rings. The summed E-state index contributed by atoms with van der Waals surface area (Å²) in [4.78, 5) is 29.1. The molecule has 152 valence electrons. The number of amides is 3. The second kappa shape index (κ2) is 9.13. The van der Waals surface area contributed by atoms with Crippen LogP contribution in [0.15, 0.2) is 84.9 Å². The van der Waals surface area contributed by atoms with Gasteiger partial charge < -0.3 is 20.4 Å². The number of rotatable bonds is 4. The van der Waals surface area contributed by atoms with Crippen LogP contribution in [0.25, 0.3) is 0 Å². The lowest BCUT2D eigenvalue weighted by Gasteiger charge is -2.36. The van der Waals surface area contributed by atoms with Crippen molar-refractivity contribution in [3.63, 3.8) is 0 Å². The van der Waals surface area contributed by atoms with Gasteiger partial charge >= 0.3 is 6.03 Å². The number of urea groups is 1. The van der Waals surface area contributed by atoms with Gasteiger partial charge in [-0.05, 0) is 48.5 Å². The molecule has 1 saturated heterocycles. The average Bonchev–Trinajstić information content (AvgIpc) is 2.80. The van der Waals surface area contributed by atoms with Crippen molar-refractivity contribution < 1.29 is 9.59 Å². The summed E-state index contributed by atoms with van der Waals surface area (Å²) >= 11 is 0. The molecule has 1 aliphatic heterocycles. The number of hydrogen-bond donors (Lipinski definition) is 2. The third-order valence-electron chi connectivity index (χ3n) is 5.11. The highest BCUT2D eigenvalue weighted by atomic mass is 16.2. The van der Waals surface area contributed by atoms with Gasteiger partial charge in [-0.1, -0.05) is 36.4 Å². The lowest BCUT2D eigenvalue weighted by molar-refractivity contribution is 0.0747. The van der Waals surface area contributed by atoms with Crippen LogP contribution in [0.2, 0.25) is 0 Å². The zero-order chi connectivity index (χ0) is 20.8. The van der Waals surface area contributed by atoms with Crippen molar-refractivity contribution in [3.8, 4) is 0 Å². The van der Waals surface area contributed by atoms with Crippen molar-refractivity contribution >= 4 is 29.0 Å². The standard InChI is InChI=1S/C24H24N4O2/c29-23(28-17-15-27(16-18-28)22-9-5-2-6-10-22)19-11-13-21(14-12-19)26-24(30)25-20-7-3-1-4-8-20/h1-14H,15-18H2,(H2,25,26,30). The number of carbonyl (C=O) groups is 2. The van der Waals surface area contributed by atoms with Crippen molar-refractivity contribution in [3.05, 3.63) is 90.5 Å². The molecule has 2 N–H and O–H groups in total. The minimum Gasteiger partial charge on any atom is -0.368 e. The highest BCUT2D eigenvalue weighted by molar-refractivity contribution is 6.00. The molecule has 6 nitrogen and oxygen atoms in total. The van der Waals surface area contributed by atoms with Gasteiger partial charge in [-0.2, -0.15) is 0 Å². The molecule has 0 aromatic heterocycles. The third kappa shape index (κ3) is 4.78. The molecule has 0 spiro atoms. The Balaban J connectivity index is 1.30. The maximum atomic E-state index is 12.8. The fourth-order valence-corrected chi connectivity index (χ4v) is 3.50. The van der Waals surface area contributed by atoms with Crippen molar-refractivity contribution in [1.29, 1.82) is 0 Å². The molecular formula is C24H24N4O2. The number of nitrogens with one attached hydrogen (secondary N) is 2. The Morgan fingerprint density at radius 1 is 0.633 bits per heavy atom. The van der Waals surface area contributed by atoms with Crippen molar-refractivity contribution in [2.75, 3.05) is 41.7 Å². The van der Waals surface area contributed by atoms with Gasteiger partial charge in [-0.25, -0.2) is 4.79 Å². The SMILES string of the molecule is O=C(Nc1ccccc1)Nc1ccc(C(=O)N2CCN(c3ccccc3)CC2)cc1. The highest BCUT2D eigenvalue weighted by Gasteiger charge is 2.22. The largest absolute Gasteiger partial charge is 0.368 e. The van der Waals surface area contributed by atoms with Gasteiger partial charge in [0.25, 0.3) is 5.91 Å². The average molecular weight is 400 g/mol. The summed E-state index contributed by atoms with van der Waals surface area (Å²) in [6, 6.07) is 26.2. The molecule has 6 heteroatoms. The first kappa shape index (κ1) is 19.5. The molecule has 0 aliphatic carbocycles. The molecule has 3 amide bonds. The van der Waals surface area contributed by atoms with E-state index in [0.29, 0.717) is 24.3 Å². The summed E-state index contributed by atoms with van der Waals surface area (Å²) in [5.74, 6) is 0.0167. The van der Waals surface area contributed by atoms with Crippen LogP contribution in [0.3, 0.4) is 0 Å². The normalized spacial score (nSPS) is 13.6. The number of hydrogen-bond acceptors (Lipinski definition) is 3. The predicted molar refractivity (Wildman–Crippen MR) is 120 cm³/mol. The number of piperazine rings is 1. The molecule has 0 radical (unpaired) electrons. The first-order valence-electron chi connectivity index (χ1n) is 10.0. The molecule has 1 aliphatic rings. The summed E-state index contributed by atoms with van der Waals surface area (Å²) in [6.07, 6.45) is 0. The summed E-state index contributed by atoms with van der Waals surface area (Å²) in [7, 11) is 0. The minimum atomic E-state index is -0.322. The van der Waals surface area contributed by atoms with Crippen LogP contribution in [0, 0.1) is 0 Å². The molecule has 0 unspecified atom stereocenters. The van der Waals surface area contributed by atoms with Gasteiger partial charge in [-0.3, -0.25) is 4.79 Å². The van der Waals surface area contributed by atoms with E-state index in [0.717, 1.165) is 18.8 Å². The van der Waals surface area contributed by atoms with Gasteiger partial charge in [0.2, 0.25) is 0 Å². The molecule has 1 heterocycles. The van der Waals surface area contributed by atoms with E-state index in [9.17, 15) is 9.59 Å². The van der Waals surface area contributed by atoms with Crippen LogP contribution in [0.4, 0.5) is 21.9 Å². The van der Waals surface area contributed by atoms with Crippen LogP contribution in [0.1, 0.15) is 10.4 Å². The topological polar surface area (TPSA) is 64.7 Å². The number of para-hydroxylation sites is 2. The maximum absolute atomic E-state index is 12.8. The Morgan fingerprint density at radius 2 is 1.17 bits per heavy atom. The molecule has 4 rings (SSSR count). The smallest absolute Gasteiger partial charge is 0.323 e. The van der Waals surface area contributed by atoms with Gasteiger partial charge in [0.15, 0.2) is 0 Å². The van der Waals surface area contributed by atoms with Gasteiger partial charge in [0, 0.05) is 48.8 Å². The molecule has 3 aromatic carbocycles. The molecule has 30 heavy (non-hydrogen) atoms. The summed E-state index contributed by atoms with van der Waals surface area (Å²) in [5.41, 5.74) is 3.16. The number of carbonyl (C=O) groups excluding carboxylic acids is 2. The molecule has 1 fully saturated rings. The second-order valence-corrected chi connectivity index (χ2v) is 7.14. The van der Waals surface area contributed by atoms with E-state index in [-0.39, 0.29) is 11.9 Å². The Labute approximate surface area is 176 Å². The van der Waals surface area contributed by atoms with Crippen LogP contribution >= 0.6 is 0 Å². The molecule has 0 atom stereocenters. The highest BCUT2D eigenvalue weighted by Crippen LogP contribution is 2.18. The van der Waals surface area contributed by atoms with E-state index in [4.69, 9.17) is 0 Å². The first-order valence-corrected chi connectivity index (χ1v) is 10.0. The predicted octanol–water partition coefficient (Wildman–Crippen LogP) is 4.29. The second-order valence-electron chi connectivity index (χ2n) is 7.14. The van der Waals surface area contributed by atoms with E-state index in [2.05, 4.69) is 27.7 Å². The van der Waals surface area contributed by atoms with Crippen molar-refractivity contribution in [1.82, 2.24) is 4.90 Å². The Kier molecular flexibility index (Phi) is 5.94. The maximum Gasteiger partial charge on any atom is 0.323 e. The Morgan fingerprint density at radius 3 is 1.77 bits per heavy atom. The lowest BCUT2D eigenvalue weighted by atomic mass is 10.1. The monoisotopic (exact) mass is 400 g/mol. The summed E-state index contributed by atoms with van der Waals surface area (Å²) in [6.45, 7) is 3.00. The quantitative estimate of drug-likeness (QED) is 0.687. The zero-order valence-corrected chi connectivity index (χ0v) is 16.6. The first-order chi connectivity index (χ1) is 14.7. The van der Waals surface area contributed by atoms with Gasteiger partial charge in [-0.15, -0.1) is 0 Å². The van der Waals surface area contributed by atoms with Crippen molar-refractivity contribution in [2.24, 2.45) is 0 Å². The molecule has 0 saturated carbocycles. The zero-order valence-electron chi connectivity index (χ0n) is 16.6. The summed E-state index contributed by atoms with van der Waals surface area (Å²) in [5, 5.41) is 5.55.